The summed E-state index contributed by atoms with van der Waals surface area (Å²) in [5.41, 5.74) is 1.92. The molecular weight excluding hydrogens is 374 g/mol. The summed E-state index contributed by atoms with van der Waals surface area (Å²) < 4.78 is 2.87. The van der Waals surface area contributed by atoms with Crippen molar-refractivity contribution in [2.24, 2.45) is 0 Å². The van der Waals surface area contributed by atoms with Crippen LogP contribution >= 0.6 is 31.9 Å². The average Bonchev–Trinajstić information content (AvgIpc) is 2.84. The quantitative estimate of drug-likeness (QED) is 0.647. The number of rotatable bonds is 1. The number of fused-ring (bicyclic) bond motifs is 1. The highest BCUT2D eigenvalue weighted by Gasteiger charge is 2.16. The predicted octanol–water partition coefficient (Wildman–Crippen LogP) is 3.64. The molecule has 4 nitrogen and oxygen atoms in total. The molecule has 0 bridgehead atoms. The van der Waals surface area contributed by atoms with Gasteiger partial charge in [-0.2, -0.15) is 4.68 Å². The molecular formula is C13H7Br2N3O. The van der Waals surface area contributed by atoms with Gasteiger partial charge >= 0.3 is 0 Å². The zero-order valence-electron chi connectivity index (χ0n) is 9.55. The third-order valence-corrected chi connectivity index (χ3v) is 3.89. The molecule has 0 N–H and O–H groups in total. The van der Waals surface area contributed by atoms with E-state index in [2.05, 4.69) is 42.2 Å². The van der Waals surface area contributed by atoms with Crippen LogP contribution in [-0.4, -0.2) is 20.9 Å². The highest BCUT2D eigenvalue weighted by molar-refractivity contribution is 9.11. The third-order valence-electron chi connectivity index (χ3n) is 2.70. The second-order valence-corrected chi connectivity index (χ2v) is 5.69. The Morgan fingerprint density at radius 3 is 2.74 bits per heavy atom. The summed E-state index contributed by atoms with van der Waals surface area (Å²) in [5, 5.41) is 7.91. The maximum Gasteiger partial charge on any atom is 0.281 e. The van der Waals surface area contributed by atoms with Gasteiger partial charge in [-0.25, -0.2) is 0 Å². The lowest BCUT2D eigenvalue weighted by atomic mass is 10.2. The highest BCUT2D eigenvalue weighted by Crippen LogP contribution is 2.23. The van der Waals surface area contributed by atoms with Crippen LogP contribution in [0.4, 0.5) is 0 Å². The lowest BCUT2D eigenvalue weighted by molar-refractivity contribution is 0.0947. The van der Waals surface area contributed by atoms with Crippen molar-refractivity contribution in [1.29, 1.82) is 0 Å². The van der Waals surface area contributed by atoms with Crippen molar-refractivity contribution in [2.75, 3.05) is 0 Å². The molecule has 19 heavy (non-hydrogen) atoms. The number of para-hydroxylation sites is 1. The molecule has 0 unspecified atom stereocenters. The summed E-state index contributed by atoms with van der Waals surface area (Å²) in [4.78, 5) is 12.5. The van der Waals surface area contributed by atoms with E-state index in [4.69, 9.17) is 0 Å². The van der Waals surface area contributed by atoms with Gasteiger partial charge in [0.1, 0.15) is 5.52 Å². The summed E-state index contributed by atoms with van der Waals surface area (Å²) in [6.07, 6.45) is 0. The van der Waals surface area contributed by atoms with Crippen LogP contribution in [0.15, 0.2) is 51.4 Å². The summed E-state index contributed by atoms with van der Waals surface area (Å²) in [7, 11) is 0. The van der Waals surface area contributed by atoms with Gasteiger partial charge in [-0.15, -0.1) is 5.10 Å². The minimum Gasteiger partial charge on any atom is -0.267 e. The van der Waals surface area contributed by atoms with Gasteiger partial charge in [0, 0.05) is 8.95 Å². The van der Waals surface area contributed by atoms with E-state index >= 15 is 0 Å². The molecule has 0 aliphatic rings. The van der Waals surface area contributed by atoms with E-state index in [1.165, 1.54) is 4.68 Å². The Balaban J connectivity index is 2.16. The van der Waals surface area contributed by atoms with Crippen LogP contribution in [0.25, 0.3) is 11.0 Å². The molecule has 0 spiro atoms. The zero-order valence-corrected chi connectivity index (χ0v) is 12.7. The van der Waals surface area contributed by atoms with Gasteiger partial charge in [0.05, 0.1) is 11.1 Å². The van der Waals surface area contributed by atoms with Gasteiger partial charge in [-0.05, 0) is 46.3 Å². The maximum absolute atomic E-state index is 12.5. The number of carbonyl (C=O) groups excluding carboxylic acids is 1. The van der Waals surface area contributed by atoms with Crippen LogP contribution in [0.2, 0.25) is 0 Å². The molecule has 0 fully saturated rings. The van der Waals surface area contributed by atoms with Gasteiger partial charge < -0.3 is 0 Å². The number of benzene rings is 2. The van der Waals surface area contributed by atoms with Crippen molar-refractivity contribution in [3.05, 3.63) is 57.0 Å². The number of aromatic nitrogens is 3. The summed E-state index contributed by atoms with van der Waals surface area (Å²) in [5.74, 6) is -0.220. The zero-order chi connectivity index (χ0) is 13.4. The molecule has 1 heterocycles. The Hall–Kier alpha value is -1.53. The molecule has 0 aliphatic heterocycles. The molecule has 0 atom stereocenters. The fourth-order valence-corrected chi connectivity index (χ4v) is 2.57. The molecule has 0 saturated carbocycles. The van der Waals surface area contributed by atoms with Crippen molar-refractivity contribution < 1.29 is 4.79 Å². The SMILES string of the molecule is O=C(c1cc(Br)ccc1Br)n1nnc2ccccc21. The van der Waals surface area contributed by atoms with E-state index in [0.29, 0.717) is 16.6 Å². The highest BCUT2D eigenvalue weighted by atomic mass is 79.9. The van der Waals surface area contributed by atoms with Gasteiger partial charge in [0.15, 0.2) is 0 Å². The fourth-order valence-electron chi connectivity index (χ4n) is 1.79. The first kappa shape index (κ1) is 12.5. The van der Waals surface area contributed by atoms with Crippen molar-refractivity contribution in [1.82, 2.24) is 15.0 Å². The van der Waals surface area contributed by atoms with Gasteiger partial charge in [-0.1, -0.05) is 33.3 Å². The molecule has 1 aromatic heterocycles. The minimum atomic E-state index is -0.220. The fraction of sp³-hybridized carbons (Fsp3) is 0. The topological polar surface area (TPSA) is 47.8 Å². The molecule has 2 aromatic carbocycles. The van der Waals surface area contributed by atoms with Crippen LogP contribution in [0.3, 0.4) is 0 Å². The van der Waals surface area contributed by atoms with Crippen LogP contribution in [0, 0.1) is 0 Å². The number of nitrogens with zero attached hydrogens (tertiary/aromatic N) is 3. The van der Waals surface area contributed by atoms with Crippen molar-refractivity contribution >= 4 is 48.8 Å². The van der Waals surface area contributed by atoms with Crippen molar-refractivity contribution in [2.45, 2.75) is 0 Å². The molecule has 3 rings (SSSR count). The van der Waals surface area contributed by atoms with Crippen LogP contribution in [0.5, 0.6) is 0 Å². The molecule has 0 amide bonds. The first-order valence-electron chi connectivity index (χ1n) is 5.47. The molecule has 0 aliphatic carbocycles. The minimum absolute atomic E-state index is 0.220. The molecule has 0 radical (unpaired) electrons. The monoisotopic (exact) mass is 379 g/mol. The Morgan fingerprint density at radius 1 is 1.11 bits per heavy atom. The van der Waals surface area contributed by atoms with Crippen LogP contribution < -0.4 is 0 Å². The second kappa shape index (κ2) is 4.86. The first-order chi connectivity index (χ1) is 9.16. The molecule has 6 heteroatoms. The molecule has 94 valence electrons. The molecule has 3 aromatic rings. The Kier molecular flexibility index (Phi) is 3.20. The molecule has 0 saturated heterocycles. The van der Waals surface area contributed by atoms with E-state index in [1.807, 2.05) is 36.4 Å². The largest absolute Gasteiger partial charge is 0.281 e. The van der Waals surface area contributed by atoms with E-state index in [1.54, 1.807) is 6.07 Å². The van der Waals surface area contributed by atoms with Crippen molar-refractivity contribution in [3.8, 4) is 0 Å². The van der Waals surface area contributed by atoms with E-state index in [0.717, 1.165) is 8.95 Å². The lowest BCUT2D eigenvalue weighted by Crippen LogP contribution is -2.14. The Labute approximate surface area is 125 Å². The summed E-state index contributed by atoms with van der Waals surface area (Å²) >= 11 is 6.74. The predicted molar refractivity (Wildman–Crippen MR) is 79.1 cm³/mol. The third kappa shape index (κ3) is 2.21. The van der Waals surface area contributed by atoms with Crippen molar-refractivity contribution in [3.63, 3.8) is 0 Å². The van der Waals surface area contributed by atoms with Crippen LogP contribution in [0.1, 0.15) is 10.4 Å². The second-order valence-electron chi connectivity index (χ2n) is 3.92. The normalized spacial score (nSPS) is 10.8. The summed E-state index contributed by atoms with van der Waals surface area (Å²) in [6.45, 7) is 0. The standard InChI is InChI=1S/C13H7Br2N3O/c14-8-5-6-10(15)9(7-8)13(19)18-12-4-2-1-3-11(12)16-17-18/h1-7H. The Morgan fingerprint density at radius 2 is 1.89 bits per heavy atom. The smallest absolute Gasteiger partial charge is 0.267 e. The van der Waals surface area contributed by atoms with E-state index in [9.17, 15) is 4.79 Å². The lowest BCUT2D eigenvalue weighted by Gasteiger charge is -2.04. The summed E-state index contributed by atoms with van der Waals surface area (Å²) in [6, 6.07) is 12.8. The van der Waals surface area contributed by atoms with E-state index in [-0.39, 0.29) is 5.91 Å². The number of halogens is 2. The number of carbonyl (C=O) groups is 1. The van der Waals surface area contributed by atoms with Gasteiger partial charge in [0.25, 0.3) is 5.91 Å². The van der Waals surface area contributed by atoms with Gasteiger partial charge in [-0.3, -0.25) is 4.79 Å². The first-order valence-corrected chi connectivity index (χ1v) is 7.05. The number of hydrogen-bond acceptors (Lipinski definition) is 3. The van der Waals surface area contributed by atoms with Crippen LogP contribution in [-0.2, 0) is 0 Å². The maximum atomic E-state index is 12.5. The van der Waals surface area contributed by atoms with Gasteiger partial charge in [0.2, 0.25) is 0 Å². The average molecular weight is 381 g/mol. The Bertz CT molecular complexity index is 782. The number of hydrogen-bond donors (Lipinski definition) is 0. The van der Waals surface area contributed by atoms with E-state index < -0.39 is 0 Å².